The third-order valence-corrected chi connectivity index (χ3v) is 25.1. The van der Waals surface area contributed by atoms with Crippen molar-refractivity contribution < 1.29 is 19.1 Å². The fraction of sp³-hybridized carbons (Fsp3) is 0.733. The third-order valence-electron chi connectivity index (χ3n) is 9.41. The van der Waals surface area contributed by atoms with E-state index < -0.39 is 29.7 Å². The molecule has 2 heterocycles. The first-order chi connectivity index (χ1) is 17.3. The summed E-state index contributed by atoms with van der Waals surface area (Å²) in [6, 6.07) is 9.33. The fourth-order valence-corrected chi connectivity index (χ4v) is 23.2. The summed E-state index contributed by atoms with van der Waals surface area (Å²) in [5.41, 5.74) is -0.0622. The third kappa shape index (κ3) is 5.52. The summed E-state index contributed by atoms with van der Waals surface area (Å²) in [4.78, 5) is 29.2. The molecule has 4 atom stereocenters. The summed E-state index contributed by atoms with van der Waals surface area (Å²) >= 11 is -2.59. The second kappa shape index (κ2) is 13.1. The molecule has 2 aliphatic heterocycles. The van der Waals surface area contributed by atoms with Crippen LogP contribution in [0.15, 0.2) is 24.3 Å². The van der Waals surface area contributed by atoms with Crippen molar-refractivity contribution in [1.82, 2.24) is 4.90 Å². The molecular formula is C30H49NO4Sn. The summed E-state index contributed by atoms with van der Waals surface area (Å²) in [6.45, 7) is 6.92. The predicted octanol–water partition coefficient (Wildman–Crippen LogP) is 5.81. The van der Waals surface area contributed by atoms with Crippen LogP contribution >= 0.6 is 0 Å². The molecule has 1 aromatic carbocycles. The number of benzene rings is 1. The number of esters is 2. The molecule has 0 spiro atoms. The van der Waals surface area contributed by atoms with Gasteiger partial charge in [0.2, 0.25) is 0 Å². The minimum atomic E-state index is -2.59. The molecule has 0 saturated carbocycles. The van der Waals surface area contributed by atoms with E-state index in [0.29, 0.717) is 6.42 Å². The Balaban J connectivity index is 2.09. The Morgan fingerprint density at radius 3 is 1.94 bits per heavy atom. The molecule has 6 heteroatoms. The molecule has 0 unspecified atom stereocenters. The summed E-state index contributed by atoms with van der Waals surface area (Å²) in [7, 11) is 4.97. The van der Waals surface area contributed by atoms with E-state index in [1.54, 1.807) is 3.58 Å². The molecule has 3 rings (SSSR count). The van der Waals surface area contributed by atoms with Crippen LogP contribution in [0.1, 0.15) is 84.1 Å². The Labute approximate surface area is 223 Å². The molecule has 2 saturated heterocycles. The SMILES string of the molecule is CCC[CH2][Sn]([CH2]CCC)([CH2]CCC)[c]1ccc([C@@]2(C(=O)OC)C[C@@H]3CC[C@H]([C@H]2C(=O)OC)N3C)cc1. The van der Waals surface area contributed by atoms with Gasteiger partial charge in [0, 0.05) is 0 Å². The Bertz CT molecular complexity index is 850. The van der Waals surface area contributed by atoms with E-state index in [4.69, 9.17) is 9.47 Å². The maximum absolute atomic E-state index is 13.6. The molecule has 1 aromatic rings. The molecule has 2 fully saturated rings. The summed E-state index contributed by atoms with van der Waals surface area (Å²) < 4.78 is 16.6. The van der Waals surface area contributed by atoms with Gasteiger partial charge in [-0.2, -0.15) is 0 Å². The van der Waals surface area contributed by atoms with Gasteiger partial charge in [0.25, 0.3) is 0 Å². The molecule has 0 amide bonds. The van der Waals surface area contributed by atoms with Gasteiger partial charge in [0.05, 0.1) is 0 Å². The van der Waals surface area contributed by atoms with Crippen molar-refractivity contribution in [2.75, 3.05) is 21.3 Å². The molecule has 36 heavy (non-hydrogen) atoms. The van der Waals surface area contributed by atoms with E-state index in [0.717, 1.165) is 18.4 Å². The first-order valence-corrected chi connectivity index (χ1v) is 21.8. The van der Waals surface area contributed by atoms with Crippen LogP contribution in [0.25, 0.3) is 0 Å². The summed E-state index contributed by atoms with van der Waals surface area (Å²) in [5, 5.41) is 0. The maximum atomic E-state index is 13.6. The number of carbonyl (C=O) groups is 2. The Hall–Kier alpha value is -1.08. The number of piperidine rings is 1. The second-order valence-corrected chi connectivity index (χ2v) is 24.5. The van der Waals surface area contributed by atoms with Gasteiger partial charge in [-0.1, -0.05) is 0 Å². The van der Waals surface area contributed by atoms with E-state index in [2.05, 4.69) is 57.0 Å². The first-order valence-electron chi connectivity index (χ1n) is 14.3. The number of hydrogen-bond acceptors (Lipinski definition) is 5. The average molecular weight is 606 g/mol. The molecule has 2 aliphatic rings. The zero-order valence-corrected chi connectivity index (χ0v) is 26.5. The van der Waals surface area contributed by atoms with Gasteiger partial charge in [-0.15, -0.1) is 0 Å². The molecule has 0 N–H and O–H groups in total. The van der Waals surface area contributed by atoms with Crippen LogP contribution in [-0.2, 0) is 24.5 Å². The molecule has 0 aliphatic carbocycles. The van der Waals surface area contributed by atoms with Gasteiger partial charge in [0.1, 0.15) is 0 Å². The zero-order valence-electron chi connectivity index (χ0n) is 23.6. The number of fused-ring (bicyclic) bond motifs is 2. The molecule has 0 aromatic heterocycles. The standard InChI is InChI=1S/C18H22NO4.3C4H9.Sn/c1-19-13-9-10-14(19)15(16(20)22-2)18(11-13,17(21)23-3)12-7-5-4-6-8-12;3*1-3-4-2;/h5-8,13-15H,9-11H2,1-3H3;3*1,3-4H2,2H3;/t13-,14+,15-,18-;;;;/m0..../s1. The van der Waals surface area contributed by atoms with Crippen LogP contribution in [0, 0.1) is 5.92 Å². The number of methoxy groups -OCH3 is 2. The number of unbranched alkanes of at least 4 members (excludes halogenated alkanes) is 3. The second-order valence-electron chi connectivity index (χ2n) is 11.3. The van der Waals surface area contributed by atoms with Crippen LogP contribution in [0.2, 0.25) is 13.3 Å². The number of carbonyl (C=O) groups excluding carboxylic acids is 2. The molecule has 202 valence electrons. The van der Waals surface area contributed by atoms with E-state index in [-0.39, 0.29) is 24.0 Å². The zero-order chi connectivity index (χ0) is 26.3. The molecule has 5 nitrogen and oxygen atoms in total. The normalized spacial score (nSPS) is 26.1. The Kier molecular flexibility index (Phi) is 10.7. The van der Waals surface area contributed by atoms with Crippen molar-refractivity contribution in [2.24, 2.45) is 5.92 Å². The van der Waals surface area contributed by atoms with Crippen LogP contribution in [0.4, 0.5) is 0 Å². The summed E-state index contributed by atoms with van der Waals surface area (Å²) in [6.07, 6.45) is 10.2. The number of hydrogen-bond donors (Lipinski definition) is 0. The summed E-state index contributed by atoms with van der Waals surface area (Å²) in [5.74, 6) is -1.16. The number of nitrogens with zero attached hydrogens (tertiary/aromatic N) is 1. The van der Waals surface area contributed by atoms with Gasteiger partial charge in [-0.05, 0) is 0 Å². The molecule has 2 bridgehead atoms. The van der Waals surface area contributed by atoms with Crippen molar-refractivity contribution in [3.8, 4) is 0 Å². The average Bonchev–Trinajstić information content (AvgIpc) is 3.15. The van der Waals surface area contributed by atoms with E-state index in [9.17, 15) is 9.59 Å². The Morgan fingerprint density at radius 2 is 1.47 bits per heavy atom. The minimum absolute atomic E-state index is 0.00750. The van der Waals surface area contributed by atoms with Gasteiger partial charge in [-0.25, -0.2) is 0 Å². The van der Waals surface area contributed by atoms with Crippen LogP contribution < -0.4 is 3.58 Å². The number of rotatable bonds is 13. The van der Waals surface area contributed by atoms with Gasteiger partial charge in [0.15, 0.2) is 0 Å². The van der Waals surface area contributed by atoms with Crippen molar-refractivity contribution in [2.45, 2.75) is 109 Å². The predicted molar refractivity (Wildman–Crippen MR) is 149 cm³/mol. The first kappa shape index (κ1) is 29.5. The monoisotopic (exact) mass is 607 g/mol. The van der Waals surface area contributed by atoms with Gasteiger partial charge < -0.3 is 0 Å². The van der Waals surface area contributed by atoms with Crippen molar-refractivity contribution in [3.05, 3.63) is 29.8 Å². The van der Waals surface area contributed by atoms with Crippen LogP contribution in [0.5, 0.6) is 0 Å². The molecule has 0 radical (unpaired) electrons. The molecular weight excluding hydrogens is 557 g/mol. The van der Waals surface area contributed by atoms with Crippen molar-refractivity contribution in [1.29, 1.82) is 0 Å². The van der Waals surface area contributed by atoms with E-state index in [1.165, 1.54) is 66.1 Å². The van der Waals surface area contributed by atoms with Crippen molar-refractivity contribution in [3.63, 3.8) is 0 Å². The Morgan fingerprint density at radius 1 is 0.917 bits per heavy atom. The van der Waals surface area contributed by atoms with E-state index in [1.807, 2.05) is 0 Å². The van der Waals surface area contributed by atoms with Gasteiger partial charge >= 0.3 is 224 Å². The van der Waals surface area contributed by atoms with Crippen LogP contribution in [0.3, 0.4) is 0 Å². The van der Waals surface area contributed by atoms with E-state index >= 15 is 0 Å². The van der Waals surface area contributed by atoms with Crippen LogP contribution in [-0.4, -0.2) is 68.6 Å². The van der Waals surface area contributed by atoms with Gasteiger partial charge in [-0.3, -0.25) is 0 Å². The quantitative estimate of drug-likeness (QED) is 0.210. The topological polar surface area (TPSA) is 55.8 Å². The van der Waals surface area contributed by atoms with Crippen molar-refractivity contribution >= 4 is 33.9 Å². The fourth-order valence-electron chi connectivity index (χ4n) is 7.28. The number of ether oxygens (including phenoxy) is 2.